The first-order valence-electron chi connectivity index (χ1n) is 8.75. The lowest BCUT2D eigenvalue weighted by Gasteiger charge is -2.18. The number of halogens is 1. The van der Waals surface area contributed by atoms with Gasteiger partial charge in [0.25, 0.3) is 11.8 Å². The molecular formula is C19H19ClN4O2S. The van der Waals surface area contributed by atoms with Crippen LogP contribution >= 0.6 is 22.9 Å². The Bertz CT molecular complexity index is 1090. The number of pyridine rings is 1. The highest BCUT2D eigenvalue weighted by atomic mass is 35.5. The summed E-state index contributed by atoms with van der Waals surface area (Å²) in [6, 6.07) is 3.40. The van der Waals surface area contributed by atoms with Crippen LogP contribution in [0.4, 0.5) is 5.00 Å². The van der Waals surface area contributed by atoms with Gasteiger partial charge in [-0.2, -0.15) is 0 Å². The molecule has 27 heavy (non-hydrogen) atoms. The number of nitrogens with zero attached hydrogens (tertiary/aromatic N) is 2. The maximum Gasteiger partial charge on any atom is 0.275 e. The number of aromatic nitrogens is 2. The van der Waals surface area contributed by atoms with Crippen molar-refractivity contribution in [3.05, 3.63) is 50.7 Å². The van der Waals surface area contributed by atoms with E-state index in [1.54, 1.807) is 29.7 Å². The molecule has 0 saturated carbocycles. The Labute approximate surface area is 165 Å². The summed E-state index contributed by atoms with van der Waals surface area (Å²) in [5.41, 5.74) is 8.67. The van der Waals surface area contributed by atoms with Crippen molar-refractivity contribution < 1.29 is 9.59 Å². The highest BCUT2D eigenvalue weighted by Gasteiger charge is 2.28. The average Bonchev–Trinajstić information content (AvgIpc) is 3.09. The number of thiophene rings is 1. The van der Waals surface area contributed by atoms with E-state index in [1.165, 1.54) is 11.3 Å². The van der Waals surface area contributed by atoms with Crippen LogP contribution in [0.15, 0.2) is 18.3 Å². The van der Waals surface area contributed by atoms with Gasteiger partial charge in [-0.1, -0.05) is 18.5 Å². The van der Waals surface area contributed by atoms with E-state index in [2.05, 4.69) is 17.2 Å². The highest BCUT2D eigenvalue weighted by Crippen LogP contribution is 2.39. The minimum absolute atomic E-state index is 0.323. The first-order valence-corrected chi connectivity index (χ1v) is 9.94. The molecule has 0 fully saturated rings. The van der Waals surface area contributed by atoms with E-state index in [0.717, 1.165) is 29.7 Å². The van der Waals surface area contributed by atoms with Gasteiger partial charge in [-0.3, -0.25) is 14.0 Å². The molecule has 1 aliphatic carbocycles. The van der Waals surface area contributed by atoms with E-state index in [0.29, 0.717) is 38.5 Å². The molecule has 0 spiro atoms. The number of carbonyl (C=O) groups excluding carboxylic acids is 2. The van der Waals surface area contributed by atoms with Crippen LogP contribution in [0.1, 0.15) is 50.3 Å². The molecule has 1 aliphatic rings. The quantitative estimate of drug-likeness (QED) is 0.697. The van der Waals surface area contributed by atoms with Gasteiger partial charge in [0.2, 0.25) is 0 Å². The van der Waals surface area contributed by atoms with Gasteiger partial charge in [0.05, 0.1) is 11.3 Å². The van der Waals surface area contributed by atoms with Gasteiger partial charge in [0, 0.05) is 22.2 Å². The van der Waals surface area contributed by atoms with Crippen molar-refractivity contribution in [1.82, 2.24) is 9.38 Å². The Balaban J connectivity index is 1.74. The molecule has 4 rings (SSSR count). The number of nitrogens with one attached hydrogen (secondary N) is 1. The summed E-state index contributed by atoms with van der Waals surface area (Å²) in [6.45, 7) is 3.96. The third-order valence-electron chi connectivity index (χ3n) is 4.96. The summed E-state index contributed by atoms with van der Waals surface area (Å²) < 4.78 is 1.69. The van der Waals surface area contributed by atoms with Gasteiger partial charge < -0.3 is 11.1 Å². The molecule has 3 aromatic rings. The second-order valence-corrected chi connectivity index (χ2v) is 8.53. The second-order valence-electron chi connectivity index (χ2n) is 6.99. The fourth-order valence-electron chi connectivity index (χ4n) is 3.67. The highest BCUT2D eigenvalue weighted by molar-refractivity contribution is 7.17. The number of hydrogen-bond acceptors (Lipinski definition) is 4. The zero-order valence-electron chi connectivity index (χ0n) is 15.0. The minimum atomic E-state index is -0.501. The topological polar surface area (TPSA) is 89.5 Å². The monoisotopic (exact) mass is 402 g/mol. The van der Waals surface area contributed by atoms with E-state index < -0.39 is 5.91 Å². The van der Waals surface area contributed by atoms with Crippen molar-refractivity contribution in [1.29, 1.82) is 0 Å². The molecule has 3 N–H and O–H groups in total. The van der Waals surface area contributed by atoms with Crippen molar-refractivity contribution in [2.75, 3.05) is 5.32 Å². The van der Waals surface area contributed by atoms with Crippen molar-refractivity contribution in [2.24, 2.45) is 11.7 Å². The van der Waals surface area contributed by atoms with Gasteiger partial charge in [-0.05, 0) is 43.7 Å². The summed E-state index contributed by atoms with van der Waals surface area (Å²) in [5.74, 6) is -0.262. The number of amides is 2. The third kappa shape index (κ3) is 3.11. The van der Waals surface area contributed by atoms with Crippen molar-refractivity contribution >= 4 is 45.4 Å². The van der Waals surface area contributed by atoms with Gasteiger partial charge in [-0.15, -0.1) is 11.3 Å². The minimum Gasteiger partial charge on any atom is -0.365 e. The number of imidazole rings is 1. The lowest BCUT2D eigenvalue weighted by Crippen LogP contribution is -2.20. The van der Waals surface area contributed by atoms with Crippen molar-refractivity contribution in [3.8, 4) is 0 Å². The van der Waals surface area contributed by atoms with Crippen molar-refractivity contribution in [3.63, 3.8) is 0 Å². The second kappa shape index (κ2) is 6.65. The third-order valence-corrected chi connectivity index (χ3v) is 6.37. The largest absolute Gasteiger partial charge is 0.365 e. The number of aryl methyl sites for hydroxylation is 1. The summed E-state index contributed by atoms with van der Waals surface area (Å²) in [6.07, 6.45) is 4.45. The summed E-state index contributed by atoms with van der Waals surface area (Å²) in [7, 11) is 0. The predicted molar refractivity (Wildman–Crippen MR) is 107 cm³/mol. The molecule has 1 atom stereocenters. The molecule has 1 unspecified atom stereocenters. The van der Waals surface area contributed by atoms with Crippen LogP contribution in [0.2, 0.25) is 5.02 Å². The Morgan fingerprint density at radius 2 is 2.22 bits per heavy atom. The first-order chi connectivity index (χ1) is 12.8. The molecule has 3 heterocycles. The fourth-order valence-corrected chi connectivity index (χ4v) is 5.24. The van der Waals surface area contributed by atoms with Crippen molar-refractivity contribution in [2.45, 2.75) is 33.1 Å². The van der Waals surface area contributed by atoms with Gasteiger partial charge in [0.15, 0.2) is 0 Å². The molecule has 6 nitrogen and oxygen atoms in total. The standard InChI is InChI=1S/C19H19ClN4O2S/c1-9-3-4-12-13(7-9)27-19(15(12)17(21)25)23-18(26)16-10(2)22-14-8-11(20)5-6-24(14)16/h5-6,8-9H,3-4,7H2,1-2H3,(H2,21,25)(H,23,26). The van der Waals surface area contributed by atoms with Gasteiger partial charge in [0.1, 0.15) is 16.3 Å². The fraction of sp³-hybridized carbons (Fsp3) is 0.316. The number of rotatable bonds is 3. The zero-order valence-corrected chi connectivity index (χ0v) is 16.6. The molecule has 3 aromatic heterocycles. The van der Waals surface area contributed by atoms with E-state index in [-0.39, 0.29) is 5.91 Å². The first kappa shape index (κ1) is 18.0. The zero-order chi connectivity index (χ0) is 19.3. The Morgan fingerprint density at radius 3 is 2.96 bits per heavy atom. The smallest absolute Gasteiger partial charge is 0.275 e. The van der Waals surface area contributed by atoms with Crippen LogP contribution < -0.4 is 11.1 Å². The Morgan fingerprint density at radius 1 is 1.44 bits per heavy atom. The van der Waals surface area contributed by atoms with Crippen LogP contribution in [0.25, 0.3) is 5.65 Å². The summed E-state index contributed by atoms with van der Waals surface area (Å²) >= 11 is 7.46. The maximum atomic E-state index is 13.0. The predicted octanol–water partition coefficient (Wildman–Crippen LogP) is 3.83. The molecule has 2 amide bonds. The van der Waals surface area contributed by atoms with E-state index in [4.69, 9.17) is 17.3 Å². The van der Waals surface area contributed by atoms with E-state index in [9.17, 15) is 9.59 Å². The molecule has 0 aliphatic heterocycles. The molecule has 0 bridgehead atoms. The summed E-state index contributed by atoms with van der Waals surface area (Å²) in [5, 5.41) is 3.97. The normalized spacial score (nSPS) is 16.3. The average molecular weight is 403 g/mol. The van der Waals surface area contributed by atoms with Gasteiger partial charge >= 0.3 is 0 Å². The molecule has 0 radical (unpaired) electrons. The molecular weight excluding hydrogens is 384 g/mol. The van der Waals surface area contributed by atoms with Crippen LogP contribution in [-0.2, 0) is 12.8 Å². The van der Waals surface area contributed by atoms with Crippen LogP contribution in [0, 0.1) is 12.8 Å². The lowest BCUT2D eigenvalue weighted by molar-refractivity contribution is 0.1000. The van der Waals surface area contributed by atoms with Crippen LogP contribution in [0.5, 0.6) is 0 Å². The van der Waals surface area contributed by atoms with Crippen LogP contribution in [0.3, 0.4) is 0 Å². The van der Waals surface area contributed by atoms with E-state index in [1.807, 2.05) is 0 Å². The Kier molecular flexibility index (Phi) is 4.44. The number of carbonyl (C=O) groups is 2. The summed E-state index contributed by atoms with van der Waals surface area (Å²) in [4.78, 5) is 30.6. The molecule has 140 valence electrons. The maximum absolute atomic E-state index is 13.0. The molecule has 0 saturated heterocycles. The molecule has 8 heteroatoms. The van der Waals surface area contributed by atoms with Gasteiger partial charge in [-0.25, -0.2) is 4.98 Å². The van der Waals surface area contributed by atoms with Crippen LogP contribution in [-0.4, -0.2) is 21.2 Å². The SMILES string of the molecule is Cc1nc2cc(Cl)ccn2c1C(=O)Nc1sc2c(c1C(N)=O)CCC(C)C2. The Hall–Kier alpha value is -2.38. The number of primary amides is 1. The van der Waals surface area contributed by atoms with E-state index >= 15 is 0 Å². The lowest BCUT2D eigenvalue weighted by atomic mass is 9.88. The molecule has 0 aromatic carbocycles. The number of anilines is 1. The number of nitrogens with two attached hydrogens (primary N) is 1. The number of fused-ring (bicyclic) bond motifs is 2. The number of hydrogen-bond donors (Lipinski definition) is 2.